The maximum absolute atomic E-state index is 12.2. The number of amides is 1. The van der Waals surface area contributed by atoms with Gasteiger partial charge in [0.1, 0.15) is 0 Å². The Morgan fingerprint density at radius 2 is 0.976 bits per heavy atom. The molecule has 3 N–H and O–H groups in total. The second-order valence-electron chi connectivity index (χ2n) is 11.6. The lowest BCUT2D eigenvalue weighted by molar-refractivity contribution is -0.123. The Morgan fingerprint density at radius 3 is 1.49 bits per heavy atom. The summed E-state index contributed by atoms with van der Waals surface area (Å²) in [6, 6.07) is -0.648. The maximum atomic E-state index is 12.2. The third kappa shape index (κ3) is 29.6. The Kier molecular flexibility index (Phi) is 31.5. The highest BCUT2D eigenvalue weighted by molar-refractivity contribution is 5.76. The molecule has 1 amide bonds. The number of rotatable bonds is 30. The van der Waals surface area contributed by atoms with Gasteiger partial charge in [-0.15, -0.1) is 0 Å². The smallest absolute Gasteiger partial charge is 0.220 e. The second-order valence-corrected chi connectivity index (χ2v) is 11.6. The summed E-state index contributed by atoms with van der Waals surface area (Å²) in [6.45, 7) is 4.22. The molecular weight excluding hydrogens is 506 g/mol. The quantitative estimate of drug-likeness (QED) is 0.0591. The summed E-state index contributed by atoms with van der Waals surface area (Å²) in [5.74, 6) is -0.0962. The molecule has 0 aromatic rings. The summed E-state index contributed by atoms with van der Waals surface area (Å²) in [6.07, 6.45) is 43.4. The lowest BCUT2D eigenvalue weighted by Gasteiger charge is -2.19. The van der Waals surface area contributed by atoms with Gasteiger partial charge in [-0.25, -0.2) is 0 Å². The first-order valence-electron chi connectivity index (χ1n) is 17.4. The van der Waals surface area contributed by atoms with Crippen molar-refractivity contribution in [2.45, 2.75) is 174 Å². The van der Waals surface area contributed by atoms with E-state index in [2.05, 4.69) is 55.6 Å². The van der Waals surface area contributed by atoms with Crippen molar-refractivity contribution in [2.75, 3.05) is 6.61 Å². The van der Waals surface area contributed by atoms with Gasteiger partial charge >= 0.3 is 0 Å². The van der Waals surface area contributed by atoms with E-state index in [1.165, 1.54) is 89.9 Å². The van der Waals surface area contributed by atoms with Crippen LogP contribution in [0.25, 0.3) is 0 Å². The molecule has 0 spiro atoms. The van der Waals surface area contributed by atoms with Gasteiger partial charge in [-0.1, -0.05) is 140 Å². The number of hydrogen-bond donors (Lipinski definition) is 3. The highest BCUT2D eigenvalue weighted by Gasteiger charge is 2.17. The monoisotopic (exact) mass is 574 g/mol. The van der Waals surface area contributed by atoms with Crippen LogP contribution in [-0.2, 0) is 4.79 Å². The van der Waals surface area contributed by atoms with Gasteiger partial charge in [0.2, 0.25) is 5.91 Å². The molecular formula is C37H67NO3. The highest BCUT2D eigenvalue weighted by atomic mass is 16.3. The third-order valence-corrected chi connectivity index (χ3v) is 7.51. The number of aliphatic hydroxyl groups excluding tert-OH is 2. The van der Waals surface area contributed by atoms with Crippen LogP contribution in [0.3, 0.4) is 0 Å². The van der Waals surface area contributed by atoms with E-state index >= 15 is 0 Å². The van der Waals surface area contributed by atoms with Gasteiger partial charge < -0.3 is 15.5 Å². The molecule has 0 fully saturated rings. The predicted molar refractivity (Wildman–Crippen MR) is 179 cm³/mol. The van der Waals surface area contributed by atoms with Crippen molar-refractivity contribution in [3.63, 3.8) is 0 Å². The fraction of sp³-hybridized carbons (Fsp3) is 0.757. The predicted octanol–water partition coefficient (Wildman–Crippen LogP) is 10.1. The fourth-order valence-corrected chi connectivity index (χ4v) is 4.78. The number of unbranched alkanes of at least 4 members (excludes halogenated alkanes) is 17. The van der Waals surface area contributed by atoms with E-state index in [0.29, 0.717) is 6.42 Å². The van der Waals surface area contributed by atoms with Crippen molar-refractivity contribution in [3.8, 4) is 0 Å². The maximum Gasteiger partial charge on any atom is 0.220 e. The molecule has 4 nitrogen and oxygen atoms in total. The van der Waals surface area contributed by atoms with Gasteiger partial charge in [0.25, 0.3) is 0 Å². The highest BCUT2D eigenvalue weighted by Crippen LogP contribution is 2.11. The lowest BCUT2D eigenvalue weighted by atomic mass is 10.1. The van der Waals surface area contributed by atoms with Crippen molar-refractivity contribution < 1.29 is 15.0 Å². The van der Waals surface area contributed by atoms with E-state index < -0.39 is 12.1 Å². The van der Waals surface area contributed by atoms with E-state index in [4.69, 9.17) is 0 Å². The van der Waals surface area contributed by atoms with Crippen molar-refractivity contribution >= 4 is 5.91 Å². The zero-order chi connectivity index (χ0) is 30.1. The average Bonchev–Trinajstić information content (AvgIpc) is 2.97. The minimum absolute atomic E-state index is 0.0962. The number of aliphatic hydroxyl groups is 2. The van der Waals surface area contributed by atoms with E-state index in [1.807, 2.05) is 6.08 Å². The van der Waals surface area contributed by atoms with E-state index in [9.17, 15) is 15.0 Å². The number of allylic oxidation sites excluding steroid dienone is 7. The number of carbonyl (C=O) groups excluding carboxylic acids is 1. The van der Waals surface area contributed by atoms with Crippen LogP contribution in [0, 0.1) is 0 Å². The standard InChI is InChI=1S/C37H67NO3/c1-3-5-7-9-11-13-15-16-17-18-19-20-21-22-23-24-26-28-30-32-36(40)35(34-39)38-37(41)33-31-29-27-25-14-12-10-8-6-4-2/h10,12,19-20,23-24,30,32,35-36,39-40H,3-9,11,13-18,21-22,25-29,31,33-34H2,1-2H3,(H,38,41)/b12-10-,20-19+,24-23+,32-30+. The molecule has 41 heavy (non-hydrogen) atoms. The van der Waals surface area contributed by atoms with Crippen molar-refractivity contribution in [2.24, 2.45) is 0 Å². The molecule has 0 bridgehead atoms. The molecule has 0 aliphatic heterocycles. The first-order chi connectivity index (χ1) is 20.2. The van der Waals surface area contributed by atoms with Gasteiger partial charge in [-0.2, -0.15) is 0 Å². The van der Waals surface area contributed by atoms with Crippen LogP contribution in [0.5, 0.6) is 0 Å². The first-order valence-corrected chi connectivity index (χ1v) is 17.4. The van der Waals surface area contributed by atoms with Gasteiger partial charge in [-0.3, -0.25) is 4.79 Å². The molecule has 2 unspecified atom stereocenters. The molecule has 4 heteroatoms. The summed E-state index contributed by atoms with van der Waals surface area (Å²) >= 11 is 0. The largest absolute Gasteiger partial charge is 0.394 e. The van der Waals surface area contributed by atoms with Gasteiger partial charge in [0.05, 0.1) is 18.8 Å². The zero-order valence-corrected chi connectivity index (χ0v) is 27.0. The first kappa shape index (κ1) is 39.4. The van der Waals surface area contributed by atoms with Crippen molar-refractivity contribution in [1.29, 1.82) is 0 Å². The Balaban J connectivity index is 3.74. The number of carbonyl (C=O) groups is 1. The molecule has 0 saturated heterocycles. The lowest BCUT2D eigenvalue weighted by Crippen LogP contribution is -2.45. The normalized spacial score (nSPS) is 13.8. The molecule has 2 atom stereocenters. The zero-order valence-electron chi connectivity index (χ0n) is 27.0. The van der Waals surface area contributed by atoms with Crippen LogP contribution in [0.2, 0.25) is 0 Å². The summed E-state index contributed by atoms with van der Waals surface area (Å²) in [4.78, 5) is 12.2. The molecule has 0 aliphatic rings. The summed E-state index contributed by atoms with van der Waals surface area (Å²) in [7, 11) is 0. The Bertz CT molecular complexity index is 667. The Hall–Kier alpha value is -1.65. The van der Waals surface area contributed by atoms with Crippen LogP contribution >= 0.6 is 0 Å². The second kappa shape index (κ2) is 32.9. The Labute approximate surface area is 254 Å². The number of nitrogens with one attached hydrogen (secondary N) is 1. The minimum atomic E-state index is -0.872. The van der Waals surface area contributed by atoms with Crippen LogP contribution in [-0.4, -0.2) is 34.9 Å². The van der Waals surface area contributed by atoms with Gasteiger partial charge in [0.15, 0.2) is 0 Å². The molecule has 0 rings (SSSR count). The van der Waals surface area contributed by atoms with Crippen LogP contribution < -0.4 is 5.32 Å². The molecule has 0 aromatic carbocycles. The molecule has 238 valence electrons. The molecule has 0 radical (unpaired) electrons. The van der Waals surface area contributed by atoms with Crippen molar-refractivity contribution in [1.82, 2.24) is 5.32 Å². The topological polar surface area (TPSA) is 69.6 Å². The Morgan fingerprint density at radius 1 is 0.561 bits per heavy atom. The van der Waals surface area contributed by atoms with Crippen molar-refractivity contribution in [3.05, 3.63) is 48.6 Å². The molecule has 0 aliphatic carbocycles. The SMILES string of the molecule is CCCC/C=C\CCCCCCC(=O)NC(CO)C(O)/C=C/CC/C=C/CC/C=C/CCCCCCCCCCC. The van der Waals surface area contributed by atoms with Crippen LogP contribution in [0.4, 0.5) is 0 Å². The molecule has 0 saturated carbocycles. The van der Waals surface area contributed by atoms with E-state index in [-0.39, 0.29) is 12.5 Å². The van der Waals surface area contributed by atoms with Gasteiger partial charge in [-0.05, 0) is 64.2 Å². The van der Waals surface area contributed by atoms with E-state index in [1.54, 1.807) is 6.08 Å². The summed E-state index contributed by atoms with van der Waals surface area (Å²) in [5, 5.41) is 22.8. The minimum Gasteiger partial charge on any atom is -0.394 e. The molecule has 0 heterocycles. The average molecular weight is 574 g/mol. The summed E-state index contributed by atoms with van der Waals surface area (Å²) < 4.78 is 0. The summed E-state index contributed by atoms with van der Waals surface area (Å²) in [5.41, 5.74) is 0. The van der Waals surface area contributed by atoms with Gasteiger partial charge in [0, 0.05) is 6.42 Å². The molecule has 0 aromatic heterocycles. The van der Waals surface area contributed by atoms with E-state index in [0.717, 1.165) is 51.4 Å². The van der Waals surface area contributed by atoms with Crippen LogP contribution in [0.15, 0.2) is 48.6 Å². The fourth-order valence-electron chi connectivity index (χ4n) is 4.78. The number of hydrogen-bond acceptors (Lipinski definition) is 3. The van der Waals surface area contributed by atoms with Crippen LogP contribution in [0.1, 0.15) is 162 Å². The third-order valence-electron chi connectivity index (χ3n) is 7.51.